The van der Waals surface area contributed by atoms with E-state index in [9.17, 15) is 14.3 Å². The predicted octanol–water partition coefficient (Wildman–Crippen LogP) is 6.76. The zero-order valence-electron chi connectivity index (χ0n) is 20.2. The maximum absolute atomic E-state index is 14.7. The summed E-state index contributed by atoms with van der Waals surface area (Å²) >= 11 is 0. The van der Waals surface area contributed by atoms with E-state index in [1.165, 1.54) is 11.6 Å². The summed E-state index contributed by atoms with van der Waals surface area (Å²) in [6.07, 6.45) is 3.78. The third kappa shape index (κ3) is 5.94. The molecule has 0 spiro atoms. The van der Waals surface area contributed by atoms with Gasteiger partial charge in [0.25, 0.3) is 0 Å². The first-order valence-electron chi connectivity index (χ1n) is 12.1. The van der Waals surface area contributed by atoms with Crippen LogP contribution in [-0.2, 0) is 17.8 Å². The largest absolute Gasteiger partial charge is 0.497 e. The number of fused-ring (bicyclic) bond motifs is 1. The third-order valence-electron chi connectivity index (χ3n) is 6.41. The molecule has 0 amide bonds. The Bertz CT molecular complexity index is 1190. The van der Waals surface area contributed by atoms with Crippen molar-refractivity contribution in [3.63, 3.8) is 0 Å². The van der Waals surface area contributed by atoms with Gasteiger partial charge in [-0.25, -0.2) is 4.39 Å². The summed E-state index contributed by atoms with van der Waals surface area (Å²) in [5, 5.41) is 9.20. The van der Waals surface area contributed by atoms with E-state index < -0.39 is 5.97 Å². The van der Waals surface area contributed by atoms with E-state index in [2.05, 4.69) is 6.92 Å². The van der Waals surface area contributed by atoms with Crippen LogP contribution >= 0.6 is 0 Å². The molecule has 1 atom stereocenters. The molecule has 0 unspecified atom stereocenters. The topological polar surface area (TPSA) is 65.0 Å². The molecule has 0 aliphatic heterocycles. The molecular weight excluding hydrogens is 447 g/mol. The fraction of sp³-hybridized carbons (Fsp3) is 0.345. The molecule has 1 aliphatic carbocycles. The van der Waals surface area contributed by atoms with Crippen LogP contribution in [0.3, 0.4) is 0 Å². The third-order valence-corrected chi connectivity index (χ3v) is 6.41. The molecule has 0 saturated heterocycles. The molecular formula is C29H31FO5. The van der Waals surface area contributed by atoms with Crippen LogP contribution in [0.4, 0.5) is 4.39 Å². The van der Waals surface area contributed by atoms with Crippen LogP contribution in [-0.4, -0.2) is 24.8 Å². The number of carboxylic acid groups (broad SMARTS) is 1. The number of aliphatic carboxylic acids is 1. The van der Waals surface area contributed by atoms with Crippen molar-refractivity contribution in [2.24, 2.45) is 0 Å². The lowest BCUT2D eigenvalue weighted by molar-refractivity contribution is -0.137. The fourth-order valence-electron chi connectivity index (χ4n) is 4.51. The number of rotatable bonds is 11. The van der Waals surface area contributed by atoms with E-state index in [0.717, 1.165) is 36.8 Å². The van der Waals surface area contributed by atoms with Crippen LogP contribution < -0.4 is 14.2 Å². The molecule has 4 rings (SSSR count). The Balaban J connectivity index is 1.55. The monoisotopic (exact) mass is 478 g/mol. The number of aryl methyl sites for hydroxylation is 1. The molecule has 0 saturated carbocycles. The molecule has 184 valence electrons. The number of carboxylic acids is 1. The van der Waals surface area contributed by atoms with Crippen molar-refractivity contribution in [3.8, 4) is 28.4 Å². The Morgan fingerprint density at radius 2 is 1.86 bits per heavy atom. The van der Waals surface area contributed by atoms with Crippen LogP contribution in [0.5, 0.6) is 17.2 Å². The van der Waals surface area contributed by atoms with Gasteiger partial charge in [-0.15, -0.1) is 0 Å². The summed E-state index contributed by atoms with van der Waals surface area (Å²) in [6, 6.07) is 16.2. The van der Waals surface area contributed by atoms with Crippen LogP contribution in [0.1, 0.15) is 55.2 Å². The van der Waals surface area contributed by atoms with E-state index in [-0.39, 0.29) is 18.2 Å². The lowest BCUT2D eigenvalue weighted by Gasteiger charge is -2.16. The maximum Gasteiger partial charge on any atom is 0.303 e. The Morgan fingerprint density at radius 3 is 2.63 bits per heavy atom. The van der Waals surface area contributed by atoms with Crippen molar-refractivity contribution in [3.05, 3.63) is 77.1 Å². The zero-order valence-corrected chi connectivity index (χ0v) is 20.2. The second kappa shape index (κ2) is 11.3. The predicted molar refractivity (Wildman–Crippen MR) is 133 cm³/mol. The van der Waals surface area contributed by atoms with Crippen molar-refractivity contribution < 1.29 is 28.5 Å². The van der Waals surface area contributed by atoms with E-state index in [1.807, 2.05) is 36.4 Å². The summed E-state index contributed by atoms with van der Waals surface area (Å²) in [7, 11) is 1.55. The van der Waals surface area contributed by atoms with E-state index >= 15 is 0 Å². The van der Waals surface area contributed by atoms with Crippen molar-refractivity contribution >= 4 is 5.97 Å². The highest BCUT2D eigenvalue weighted by atomic mass is 19.1. The van der Waals surface area contributed by atoms with Gasteiger partial charge < -0.3 is 19.3 Å². The van der Waals surface area contributed by atoms with Gasteiger partial charge >= 0.3 is 5.97 Å². The number of hydrogen-bond donors (Lipinski definition) is 1. The summed E-state index contributed by atoms with van der Waals surface area (Å²) in [4.78, 5) is 11.2. The Labute approximate surface area is 205 Å². The number of methoxy groups -OCH3 is 1. The molecule has 3 aromatic carbocycles. The van der Waals surface area contributed by atoms with Gasteiger partial charge in [0.2, 0.25) is 0 Å². The average Bonchev–Trinajstić information content (AvgIpc) is 3.25. The summed E-state index contributed by atoms with van der Waals surface area (Å²) < 4.78 is 32.1. The average molecular weight is 479 g/mol. The minimum absolute atomic E-state index is 0.0293. The molecule has 0 bridgehead atoms. The van der Waals surface area contributed by atoms with Crippen LogP contribution in [0.15, 0.2) is 54.6 Å². The molecule has 0 heterocycles. The molecule has 35 heavy (non-hydrogen) atoms. The van der Waals surface area contributed by atoms with Crippen LogP contribution in [0, 0.1) is 5.82 Å². The number of halogens is 1. The molecule has 5 nitrogen and oxygen atoms in total. The van der Waals surface area contributed by atoms with Gasteiger partial charge in [-0.3, -0.25) is 4.79 Å². The second-order valence-electron chi connectivity index (χ2n) is 8.86. The first-order valence-corrected chi connectivity index (χ1v) is 12.1. The lowest BCUT2D eigenvalue weighted by atomic mass is 9.98. The number of benzene rings is 3. The second-order valence-corrected chi connectivity index (χ2v) is 8.86. The van der Waals surface area contributed by atoms with Gasteiger partial charge in [0.1, 0.15) is 29.7 Å². The van der Waals surface area contributed by atoms with Crippen molar-refractivity contribution in [1.29, 1.82) is 0 Å². The van der Waals surface area contributed by atoms with Gasteiger partial charge in [0, 0.05) is 11.1 Å². The van der Waals surface area contributed by atoms with Gasteiger partial charge in [0.05, 0.1) is 20.1 Å². The van der Waals surface area contributed by atoms with Gasteiger partial charge in [-0.05, 0) is 78.3 Å². The summed E-state index contributed by atoms with van der Waals surface area (Å²) in [5.74, 6) is 0.786. The van der Waals surface area contributed by atoms with Crippen LogP contribution in [0.25, 0.3) is 11.1 Å². The van der Waals surface area contributed by atoms with E-state index in [4.69, 9.17) is 14.2 Å². The molecule has 1 N–H and O–H groups in total. The summed E-state index contributed by atoms with van der Waals surface area (Å²) in [5.41, 5.74) is 4.24. The van der Waals surface area contributed by atoms with Crippen molar-refractivity contribution in [2.75, 3.05) is 13.7 Å². The molecule has 0 aromatic heterocycles. The highest BCUT2D eigenvalue weighted by Gasteiger charge is 2.25. The highest BCUT2D eigenvalue weighted by Crippen LogP contribution is 2.38. The summed E-state index contributed by atoms with van der Waals surface area (Å²) in [6.45, 7) is 2.94. The van der Waals surface area contributed by atoms with Gasteiger partial charge in [0.15, 0.2) is 0 Å². The zero-order chi connectivity index (χ0) is 24.8. The first kappa shape index (κ1) is 24.6. The Morgan fingerprint density at radius 1 is 1.03 bits per heavy atom. The van der Waals surface area contributed by atoms with Gasteiger partial charge in [-0.1, -0.05) is 31.5 Å². The quantitative estimate of drug-likeness (QED) is 0.308. The molecule has 0 fully saturated rings. The molecule has 1 aliphatic rings. The Kier molecular flexibility index (Phi) is 7.91. The van der Waals surface area contributed by atoms with Crippen molar-refractivity contribution in [2.45, 2.75) is 51.6 Å². The number of unbranched alkanes of at least 4 members (excludes halogenated alkanes) is 1. The lowest BCUT2D eigenvalue weighted by Crippen LogP contribution is -2.04. The van der Waals surface area contributed by atoms with E-state index in [0.29, 0.717) is 41.6 Å². The van der Waals surface area contributed by atoms with E-state index in [1.54, 1.807) is 19.2 Å². The SMILES string of the molecule is CCCCOc1cc(COc2ccc3c(c2)[C@H](CC(=O)O)CC3)ccc1-c1cc(OC)ccc1F. The fourth-order valence-corrected chi connectivity index (χ4v) is 4.51. The number of hydrogen-bond acceptors (Lipinski definition) is 4. The normalized spacial score (nSPS) is 14.4. The Hall–Kier alpha value is -3.54. The van der Waals surface area contributed by atoms with Crippen LogP contribution in [0.2, 0.25) is 0 Å². The minimum atomic E-state index is -0.780. The molecule has 3 aromatic rings. The smallest absolute Gasteiger partial charge is 0.303 e. The van der Waals surface area contributed by atoms with Crippen molar-refractivity contribution in [1.82, 2.24) is 0 Å². The van der Waals surface area contributed by atoms with Gasteiger partial charge in [-0.2, -0.15) is 0 Å². The highest BCUT2D eigenvalue weighted by molar-refractivity contribution is 5.72. The first-order chi connectivity index (χ1) is 17.0. The molecule has 0 radical (unpaired) electrons. The number of carbonyl (C=O) groups is 1. The maximum atomic E-state index is 14.7. The molecule has 6 heteroatoms. The number of ether oxygens (including phenoxy) is 3. The standard InChI is InChI=1S/C29H31FO5/c1-3-4-13-34-28-14-19(5-11-24(28)26-16-22(33-2)10-12-27(26)30)18-35-23-9-8-20-6-7-21(15-29(31)32)25(20)17-23/h5,8-12,14,16-17,21H,3-4,6-7,13,15,18H2,1-2H3,(H,31,32)/t21-/m0/s1. The minimum Gasteiger partial charge on any atom is -0.497 e.